The average Bonchev–Trinajstić information content (AvgIpc) is 2.85. The predicted octanol–water partition coefficient (Wildman–Crippen LogP) is 3.25. The molecule has 2 N–H and O–H groups in total. The van der Waals surface area contributed by atoms with Crippen LogP contribution in [-0.4, -0.2) is 18.2 Å². The summed E-state index contributed by atoms with van der Waals surface area (Å²) in [6, 6.07) is 6.66. The molecule has 0 saturated carbocycles. The number of carbonyl (C=O) groups is 1. The van der Waals surface area contributed by atoms with Crippen LogP contribution in [0.1, 0.15) is 16.1 Å². The van der Waals surface area contributed by atoms with E-state index in [1.807, 2.05) is 0 Å². The highest BCUT2D eigenvalue weighted by Gasteiger charge is 2.09. The van der Waals surface area contributed by atoms with Crippen LogP contribution in [0.25, 0.3) is 0 Å². The number of halogens is 1. The smallest absolute Gasteiger partial charge is 0.338 e. The zero-order valence-electron chi connectivity index (χ0n) is 10.1. The van der Waals surface area contributed by atoms with Crippen LogP contribution >= 0.6 is 11.6 Å². The summed E-state index contributed by atoms with van der Waals surface area (Å²) in [6.45, 7) is 0.337. The van der Waals surface area contributed by atoms with Gasteiger partial charge in [-0.3, -0.25) is 0 Å². The molecule has 0 amide bonds. The summed E-state index contributed by atoms with van der Waals surface area (Å²) < 4.78 is 10.3. The molecule has 100 valence electrons. The van der Waals surface area contributed by atoms with Gasteiger partial charge in [0.2, 0.25) is 0 Å². The Morgan fingerprint density at radius 3 is 2.89 bits per heavy atom. The Bertz CT molecular complexity index is 594. The summed E-state index contributed by atoms with van der Waals surface area (Å²) in [5.41, 5.74) is 0.832. The van der Waals surface area contributed by atoms with Crippen LogP contribution < -0.4 is 10.1 Å². The molecule has 0 aliphatic rings. The third-order valence-corrected chi connectivity index (χ3v) is 2.75. The van der Waals surface area contributed by atoms with Crippen molar-refractivity contribution >= 4 is 23.3 Å². The number of carboxylic acid groups (broad SMARTS) is 1. The van der Waals surface area contributed by atoms with E-state index in [0.29, 0.717) is 28.8 Å². The Morgan fingerprint density at radius 2 is 2.26 bits per heavy atom. The standard InChI is InChI=1S/C13H12ClNO4/c1-18-12-3-2-9(14)5-11(12)15-6-10-4-8(7-19-10)13(16)17/h2-5,7,15H,6H2,1H3,(H,16,17). The minimum absolute atomic E-state index is 0.120. The molecule has 0 saturated heterocycles. The van der Waals surface area contributed by atoms with Gasteiger partial charge in [0.1, 0.15) is 17.8 Å². The molecule has 1 aromatic carbocycles. The molecule has 0 aliphatic carbocycles. The Balaban J connectivity index is 2.09. The Hall–Kier alpha value is -2.14. The first kappa shape index (κ1) is 13.3. The van der Waals surface area contributed by atoms with E-state index < -0.39 is 5.97 Å². The summed E-state index contributed by atoms with van der Waals surface area (Å²) in [5, 5.41) is 12.4. The van der Waals surface area contributed by atoms with E-state index in [1.165, 1.54) is 12.3 Å². The number of anilines is 1. The number of hydrogen-bond acceptors (Lipinski definition) is 4. The van der Waals surface area contributed by atoms with Crippen LogP contribution in [0.2, 0.25) is 5.02 Å². The summed E-state index contributed by atoms with van der Waals surface area (Å²) in [6.07, 6.45) is 1.20. The third kappa shape index (κ3) is 3.20. The maximum atomic E-state index is 10.7. The second-order valence-electron chi connectivity index (χ2n) is 3.81. The fourth-order valence-corrected chi connectivity index (χ4v) is 1.76. The van der Waals surface area contributed by atoms with E-state index in [2.05, 4.69) is 5.32 Å². The number of nitrogens with one attached hydrogen (secondary N) is 1. The average molecular weight is 282 g/mol. The summed E-state index contributed by atoms with van der Waals surface area (Å²) >= 11 is 5.90. The lowest BCUT2D eigenvalue weighted by atomic mass is 10.2. The highest BCUT2D eigenvalue weighted by atomic mass is 35.5. The second kappa shape index (κ2) is 5.67. The van der Waals surface area contributed by atoms with Crippen LogP contribution in [0, 0.1) is 0 Å². The Morgan fingerprint density at radius 1 is 1.47 bits per heavy atom. The van der Waals surface area contributed by atoms with Gasteiger partial charge < -0.3 is 19.6 Å². The van der Waals surface area contributed by atoms with Crippen LogP contribution in [0.4, 0.5) is 5.69 Å². The summed E-state index contributed by atoms with van der Waals surface area (Å²) in [4.78, 5) is 10.7. The molecule has 1 aromatic heterocycles. The molecule has 6 heteroatoms. The highest BCUT2D eigenvalue weighted by Crippen LogP contribution is 2.28. The van der Waals surface area contributed by atoms with Gasteiger partial charge in [-0.1, -0.05) is 11.6 Å². The van der Waals surface area contributed by atoms with Gasteiger partial charge >= 0.3 is 5.97 Å². The molecule has 0 atom stereocenters. The van der Waals surface area contributed by atoms with Crippen molar-refractivity contribution in [2.24, 2.45) is 0 Å². The largest absolute Gasteiger partial charge is 0.495 e. The van der Waals surface area contributed by atoms with Crippen LogP contribution in [0.5, 0.6) is 5.75 Å². The Kier molecular flexibility index (Phi) is 3.97. The fraction of sp³-hybridized carbons (Fsp3) is 0.154. The number of benzene rings is 1. The molecule has 2 aromatic rings. The lowest BCUT2D eigenvalue weighted by Crippen LogP contribution is -2.00. The van der Waals surface area contributed by atoms with Gasteiger partial charge in [-0.05, 0) is 24.3 Å². The first-order valence-corrected chi connectivity index (χ1v) is 5.86. The highest BCUT2D eigenvalue weighted by molar-refractivity contribution is 6.30. The molecule has 1 heterocycles. The number of methoxy groups -OCH3 is 1. The van der Waals surface area contributed by atoms with Gasteiger partial charge in [0, 0.05) is 5.02 Å². The molecule has 0 radical (unpaired) electrons. The van der Waals surface area contributed by atoms with E-state index in [9.17, 15) is 4.79 Å². The fourth-order valence-electron chi connectivity index (χ4n) is 1.59. The van der Waals surface area contributed by atoms with Crippen LogP contribution in [0.3, 0.4) is 0 Å². The number of carboxylic acids is 1. The molecule has 0 aliphatic heterocycles. The van der Waals surface area contributed by atoms with Crippen molar-refractivity contribution in [2.45, 2.75) is 6.54 Å². The third-order valence-electron chi connectivity index (χ3n) is 2.52. The van der Waals surface area contributed by atoms with E-state index in [-0.39, 0.29) is 5.56 Å². The van der Waals surface area contributed by atoms with Gasteiger partial charge in [-0.2, -0.15) is 0 Å². The van der Waals surface area contributed by atoms with Crippen molar-refractivity contribution < 1.29 is 19.1 Å². The van der Waals surface area contributed by atoms with Crippen LogP contribution in [0.15, 0.2) is 34.9 Å². The molecule has 0 fully saturated rings. The number of hydrogen-bond donors (Lipinski definition) is 2. The lowest BCUT2D eigenvalue weighted by molar-refractivity contribution is 0.0696. The van der Waals surface area contributed by atoms with Crippen molar-refractivity contribution in [3.8, 4) is 5.75 Å². The van der Waals surface area contributed by atoms with Gasteiger partial charge in [0.05, 0.1) is 24.9 Å². The minimum Gasteiger partial charge on any atom is -0.495 e. The molecule has 2 rings (SSSR count). The molecule has 5 nitrogen and oxygen atoms in total. The minimum atomic E-state index is -1.02. The second-order valence-corrected chi connectivity index (χ2v) is 4.24. The van der Waals surface area contributed by atoms with Crippen molar-refractivity contribution in [3.05, 3.63) is 46.9 Å². The first-order valence-electron chi connectivity index (χ1n) is 5.48. The molecule has 0 bridgehead atoms. The monoisotopic (exact) mass is 281 g/mol. The SMILES string of the molecule is COc1ccc(Cl)cc1NCc1cc(C(=O)O)co1. The number of rotatable bonds is 5. The van der Waals surface area contributed by atoms with E-state index in [1.54, 1.807) is 25.3 Å². The molecular weight excluding hydrogens is 270 g/mol. The number of aromatic carboxylic acids is 1. The maximum absolute atomic E-state index is 10.7. The quantitative estimate of drug-likeness (QED) is 0.880. The first-order chi connectivity index (χ1) is 9.10. The van der Waals surface area contributed by atoms with Crippen molar-refractivity contribution in [1.82, 2.24) is 0 Å². The van der Waals surface area contributed by atoms with Crippen molar-refractivity contribution in [2.75, 3.05) is 12.4 Å². The van der Waals surface area contributed by atoms with Gasteiger partial charge in [0.25, 0.3) is 0 Å². The maximum Gasteiger partial charge on any atom is 0.338 e. The summed E-state index contributed by atoms with van der Waals surface area (Å²) in [7, 11) is 1.56. The Labute approximate surface area is 114 Å². The molecular formula is C13H12ClNO4. The van der Waals surface area contributed by atoms with E-state index in [4.69, 9.17) is 25.9 Å². The van der Waals surface area contributed by atoms with Gasteiger partial charge in [-0.15, -0.1) is 0 Å². The molecule has 19 heavy (non-hydrogen) atoms. The zero-order valence-corrected chi connectivity index (χ0v) is 10.9. The zero-order chi connectivity index (χ0) is 13.8. The van der Waals surface area contributed by atoms with Gasteiger partial charge in [0.15, 0.2) is 0 Å². The topological polar surface area (TPSA) is 71.7 Å². The normalized spacial score (nSPS) is 10.2. The summed E-state index contributed by atoms with van der Waals surface area (Å²) in [5.74, 6) is 0.143. The predicted molar refractivity (Wildman–Crippen MR) is 71.0 cm³/mol. The lowest BCUT2D eigenvalue weighted by Gasteiger charge is -2.10. The van der Waals surface area contributed by atoms with Crippen molar-refractivity contribution in [3.63, 3.8) is 0 Å². The van der Waals surface area contributed by atoms with Gasteiger partial charge in [-0.25, -0.2) is 4.79 Å². The van der Waals surface area contributed by atoms with Crippen molar-refractivity contribution in [1.29, 1.82) is 0 Å². The van der Waals surface area contributed by atoms with Crippen LogP contribution in [-0.2, 0) is 6.54 Å². The number of ether oxygens (including phenoxy) is 1. The number of furan rings is 1. The molecule has 0 spiro atoms. The van der Waals surface area contributed by atoms with E-state index in [0.717, 1.165) is 0 Å². The molecule has 0 unspecified atom stereocenters. The van der Waals surface area contributed by atoms with E-state index >= 15 is 0 Å².